The number of carbonyl (C=O) groups is 3. The molecule has 27 heavy (non-hydrogen) atoms. The van der Waals surface area contributed by atoms with Crippen LogP contribution in [0.25, 0.3) is 0 Å². The number of fused-ring (bicyclic) bond motifs is 1. The summed E-state index contributed by atoms with van der Waals surface area (Å²) in [5, 5.41) is 2.42. The Bertz CT molecular complexity index is 871. The maximum Gasteiger partial charge on any atom is 0.326 e. The van der Waals surface area contributed by atoms with E-state index in [9.17, 15) is 18.8 Å². The number of carbonyl (C=O) groups excluding carboxylic acids is 3. The van der Waals surface area contributed by atoms with Crippen LogP contribution in [0.3, 0.4) is 0 Å². The number of benzene rings is 2. The van der Waals surface area contributed by atoms with E-state index in [1.54, 1.807) is 24.3 Å². The zero-order valence-corrected chi connectivity index (χ0v) is 14.3. The lowest BCUT2D eigenvalue weighted by molar-refractivity contribution is -0.146. The molecule has 140 valence electrons. The van der Waals surface area contributed by atoms with Crippen molar-refractivity contribution < 1.29 is 28.2 Å². The molecule has 3 rings (SSSR count). The predicted octanol–water partition coefficient (Wildman–Crippen LogP) is 2.12. The molecule has 1 aliphatic heterocycles. The first kappa shape index (κ1) is 18.4. The molecule has 0 unspecified atom stereocenters. The van der Waals surface area contributed by atoms with Crippen molar-refractivity contribution in [2.75, 3.05) is 30.0 Å². The minimum atomic E-state index is -0.741. The molecule has 0 radical (unpaired) electrons. The highest BCUT2D eigenvalue weighted by molar-refractivity contribution is 6.00. The van der Waals surface area contributed by atoms with Gasteiger partial charge in [-0.2, -0.15) is 0 Å². The van der Waals surface area contributed by atoms with Crippen LogP contribution in [0.2, 0.25) is 0 Å². The number of halogens is 1. The van der Waals surface area contributed by atoms with Gasteiger partial charge >= 0.3 is 5.97 Å². The maximum atomic E-state index is 13.1. The lowest BCUT2D eigenvalue weighted by atomic mass is 10.2. The smallest absolute Gasteiger partial charge is 0.326 e. The second-order valence-corrected chi connectivity index (χ2v) is 5.77. The Morgan fingerprint density at radius 2 is 2.00 bits per heavy atom. The van der Waals surface area contributed by atoms with Crippen LogP contribution >= 0.6 is 0 Å². The number of amides is 2. The number of ether oxygens (including phenoxy) is 2. The first-order chi connectivity index (χ1) is 13.0. The summed E-state index contributed by atoms with van der Waals surface area (Å²) in [5.74, 6) is -1.62. The highest BCUT2D eigenvalue weighted by atomic mass is 19.1. The Kier molecular flexibility index (Phi) is 5.65. The first-order valence-corrected chi connectivity index (χ1v) is 8.26. The summed E-state index contributed by atoms with van der Waals surface area (Å²) in [6.45, 7) is -0.667. The molecule has 0 bridgehead atoms. The van der Waals surface area contributed by atoms with E-state index in [1.807, 2.05) is 0 Å². The normalized spacial score (nSPS) is 13.2. The second-order valence-electron chi connectivity index (χ2n) is 5.77. The van der Waals surface area contributed by atoms with E-state index in [4.69, 9.17) is 9.47 Å². The molecule has 2 amide bonds. The van der Waals surface area contributed by atoms with E-state index >= 15 is 0 Å². The van der Waals surface area contributed by atoms with Crippen LogP contribution in [0, 0.1) is 5.82 Å². The maximum absolute atomic E-state index is 13.1. The number of hydrogen-bond acceptors (Lipinski definition) is 5. The number of esters is 1. The molecule has 0 fully saturated rings. The molecule has 0 aromatic heterocycles. The van der Waals surface area contributed by atoms with Gasteiger partial charge in [0.2, 0.25) is 5.91 Å². The highest BCUT2D eigenvalue weighted by Crippen LogP contribution is 2.30. The predicted molar refractivity (Wildman–Crippen MR) is 94.9 cm³/mol. The van der Waals surface area contributed by atoms with Gasteiger partial charge in [0.05, 0.1) is 18.7 Å². The monoisotopic (exact) mass is 372 g/mol. The Hall–Kier alpha value is -3.42. The molecule has 8 heteroatoms. The molecule has 1 aliphatic rings. The van der Waals surface area contributed by atoms with Gasteiger partial charge in [0.25, 0.3) is 5.91 Å². The molecule has 0 spiro atoms. The molecule has 0 aliphatic carbocycles. The molecule has 2 aromatic rings. The fourth-order valence-electron chi connectivity index (χ4n) is 2.58. The summed E-state index contributed by atoms with van der Waals surface area (Å²) in [7, 11) is 0. The van der Waals surface area contributed by atoms with Crippen molar-refractivity contribution in [1.29, 1.82) is 0 Å². The second kappa shape index (κ2) is 8.31. The van der Waals surface area contributed by atoms with Crippen LogP contribution in [-0.2, 0) is 19.1 Å². The van der Waals surface area contributed by atoms with E-state index in [-0.39, 0.29) is 31.2 Å². The average molecular weight is 372 g/mol. The van der Waals surface area contributed by atoms with Crippen molar-refractivity contribution in [2.45, 2.75) is 6.42 Å². The van der Waals surface area contributed by atoms with Gasteiger partial charge in [-0.05, 0) is 30.3 Å². The van der Waals surface area contributed by atoms with Crippen molar-refractivity contribution in [3.8, 4) is 5.75 Å². The fourth-order valence-corrected chi connectivity index (χ4v) is 2.58. The molecular formula is C19H17FN2O5. The van der Waals surface area contributed by atoms with Gasteiger partial charge in [0, 0.05) is 5.69 Å². The summed E-state index contributed by atoms with van der Waals surface area (Å²) >= 11 is 0. The van der Waals surface area contributed by atoms with Crippen LogP contribution < -0.4 is 15.0 Å². The van der Waals surface area contributed by atoms with Crippen molar-refractivity contribution in [3.05, 3.63) is 54.3 Å². The Labute approximate surface area is 154 Å². The SMILES string of the molecule is O=C(COC(=O)CN1C(=O)CCOc2ccccc21)Nc1cccc(F)c1. The van der Waals surface area contributed by atoms with Crippen molar-refractivity contribution in [3.63, 3.8) is 0 Å². The topological polar surface area (TPSA) is 84.9 Å². The molecule has 1 heterocycles. The van der Waals surface area contributed by atoms with Gasteiger partial charge in [-0.15, -0.1) is 0 Å². The molecular weight excluding hydrogens is 355 g/mol. The van der Waals surface area contributed by atoms with Gasteiger partial charge in [0.15, 0.2) is 6.61 Å². The van der Waals surface area contributed by atoms with Gasteiger partial charge in [-0.3, -0.25) is 19.3 Å². The Morgan fingerprint density at radius 1 is 1.19 bits per heavy atom. The Morgan fingerprint density at radius 3 is 2.81 bits per heavy atom. The minimum absolute atomic E-state index is 0.127. The lowest BCUT2D eigenvalue weighted by Gasteiger charge is -2.20. The zero-order valence-electron chi connectivity index (χ0n) is 14.3. The third-order valence-electron chi connectivity index (χ3n) is 3.79. The largest absolute Gasteiger partial charge is 0.491 e. The van der Waals surface area contributed by atoms with Crippen LogP contribution in [0.5, 0.6) is 5.75 Å². The summed E-state index contributed by atoms with van der Waals surface area (Å²) in [6, 6.07) is 12.2. The highest BCUT2D eigenvalue weighted by Gasteiger charge is 2.25. The third kappa shape index (κ3) is 4.81. The van der Waals surface area contributed by atoms with Crippen LogP contribution in [0.4, 0.5) is 15.8 Å². The van der Waals surface area contributed by atoms with E-state index in [1.165, 1.54) is 23.1 Å². The van der Waals surface area contributed by atoms with E-state index in [2.05, 4.69) is 5.32 Å². The number of nitrogens with zero attached hydrogens (tertiary/aromatic N) is 1. The molecule has 0 atom stereocenters. The molecule has 1 N–H and O–H groups in total. The van der Waals surface area contributed by atoms with Crippen molar-refractivity contribution in [2.24, 2.45) is 0 Å². The lowest BCUT2D eigenvalue weighted by Crippen LogP contribution is -2.36. The number of hydrogen-bond donors (Lipinski definition) is 1. The van der Waals surface area contributed by atoms with Crippen molar-refractivity contribution in [1.82, 2.24) is 0 Å². The Balaban J connectivity index is 1.57. The summed E-state index contributed by atoms with van der Waals surface area (Å²) in [4.78, 5) is 37.4. The number of anilines is 2. The average Bonchev–Trinajstić information content (AvgIpc) is 2.79. The molecule has 7 nitrogen and oxygen atoms in total. The summed E-state index contributed by atoms with van der Waals surface area (Å²) in [5.41, 5.74) is 0.728. The first-order valence-electron chi connectivity index (χ1n) is 8.26. The third-order valence-corrected chi connectivity index (χ3v) is 3.79. The van der Waals surface area contributed by atoms with Crippen LogP contribution in [-0.4, -0.2) is 37.5 Å². The summed E-state index contributed by atoms with van der Waals surface area (Å²) in [6.07, 6.45) is 0.127. The van der Waals surface area contributed by atoms with Gasteiger partial charge in [0.1, 0.15) is 18.1 Å². The van der Waals surface area contributed by atoms with Crippen LogP contribution in [0.15, 0.2) is 48.5 Å². The zero-order chi connectivity index (χ0) is 19.2. The number of para-hydroxylation sites is 2. The van der Waals surface area contributed by atoms with Gasteiger partial charge in [-0.1, -0.05) is 18.2 Å². The van der Waals surface area contributed by atoms with Crippen molar-refractivity contribution >= 4 is 29.2 Å². The fraction of sp³-hybridized carbons (Fsp3) is 0.211. The number of rotatable bonds is 5. The van der Waals surface area contributed by atoms with Gasteiger partial charge < -0.3 is 14.8 Å². The molecule has 2 aromatic carbocycles. The number of nitrogens with one attached hydrogen (secondary N) is 1. The summed E-state index contributed by atoms with van der Waals surface area (Å²) < 4.78 is 23.5. The standard InChI is InChI=1S/C19H17FN2O5/c20-13-4-3-5-14(10-13)21-17(23)12-27-19(25)11-22-15-6-1-2-7-16(15)26-9-8-18(22)24/h1-7,10H,8-9,11-12H2,(H,21,23). The van der Waals surface area contributed by atoms with Gasteiger partial charge in [-0.25, -0.2) is 4.39 Å². The van der Waals surface area contributed by atoms with E-state index in [0.29, 0.717) is 11.4 Å². The molecule has 0 saturated heterocycles. The van der Waals surface area contributed by atoms with E-state index in [0.717, 1.165) is 6.07 Å². The molecule has 0 saturated carbocycles. The quantitative estimate of drug-likeness (QED) is 0.813. The minimum Gasteiger partial charge on any atom is -0.491 e. The van der Waals surface area contributed by atoms with E-state index < -0.39 is 24.3 Å². The van der Waals surface area contributed by atoms with Crippen LogP contribution in [0.1, 0.15) is 6.42 Å².